The van der Waals surface area contributed by atoms with Gasteiger partial charge in [0.1, 0.15) is 6.61 Å². The Morgan fingerprint density at radius 2 is 1.96 bits per heavy atom. The molecular weight excluding hydrogens is 454 g/mol. The van der Waals surface area contributed by atoms with Crippen LogP contribution in [0.3, 0.4) is 0 Å². The molecule has 0 aliphatic rings. The molecule has 0 atom stereocenters. The zero-order valence-corrected chi connectivity index (χ0v) is 16.5. The van der Waals surface area contributed by atoms with Crippen molar-refractivity contribution in [2.45, 2.75) is 13.5 Å². The zero-order valence-electron chi connectivity index (χ0n) is 13.3. The van der Waals surface area contributed by atoms with Crippen LogP contribution in [-0.2, 0) is 6.61 Å². The van der Waals surface area contributed by atoms with Gasteiger partial charge in [-0.2, -0.15) is 0 Å². The van der Waals surface area contributed by atoms with E-state index < -0.39 is 0 Å². The summed E-state index contributed by atoms with van der Waals surface area (Å²) in [6, 6.07) is 11.6. The normalized spacial score (nSPS) is 10.7. The van der Waals surface area contributed by atoms with Crippen LogP contribution in [0.15, 0.2) is 49.8 Å². The minimum absolute atomic E-state index is 0.0130. The van der Waals surface area contributed by atoms with Crippen molar-refractivity contribution in [2.75, 3.05) is 12.3 Å². The Morgan fingerprint density at radius 1 is 1.12 bits per heavy atom. The van der Waals surface area contributed by atoms with Crippen LogP contribution in [0.1, 0.15) is 12.5 Å². The van der Waals surface area contributed by atoms with Gasteiger partial charge in [0.2, 0.25) is 5.89 Å². The first-order valence-electron chi connectivity index (χ1n) is 7.49. The molecular formula is C17H15Br2N3O3. The number of benzene rings is 2. The van der Waals surface area contributed by atoms with Crippen molar-refractivity contribution in [2.24, 2.45) is 0 Å². The van der Waals surface area contributed by atoms with Crippen molar-refractivity contribution < 1.29 is 13.9 Å². The lowest BCUT2D eigenvalue weighted by Gasteiger charge is -2.15. The number of hydrogen-bond acceptors (Lipinski definition) is 6. The van der Waals surface area contributed by atoms with Crippen molar-refractivity contribution in [3.05, 3.63) is 50.9 Å². The van der Waals surface area contributed by atoms with Crippen molar-refractivity contribution in [1.29, 1.82) is 0 Å². The summed E-state index contributed by atoms with van der Waals surface area (Å²) < 4.78 is 18.7. The highest BCUT2D eigenvalue weighted by Gasteiger charge is 2.16. The fraction of sp³-hybridized carbons (Fsp3) is 0.176. The number of nitrogens with zero attached hydrogens (tertiary/aromatic N) is 2. The third-order valence-corrected chi connectivity index (χ3v) is 4.35. The monoisotopic (exact) mass is 467 g/mol. The molecule has 1 heterocycles. The number of hydrogen-bond donors (Lipinski definition) is 1. The average Bonchev–Trinajstić information content (AvgIpc) is 3.01. The highest BCUT2D eigenvalue weighted by molar-refractivity contribution is 9.10. The summed E-state index contributed by atoms with van der Waals surface area (Å²) in [5.41, 5.74) is 7.22. The lowest BCUT2D eigenvalue weighted by Crippen LogP contribution is -2.01. The molecule has 0 aliphatic heterocycles. The lowest BCUT2D eigenvalue weighted by atomic mass is 10.2. The summed E-state index contributed by atoms with van der Waals surface area (Å²) in [6.45, 7) is 2.81. The fourth-order valence-electron chi connectivity index (χ4n) is 2.23. The standard InChI is InChI=1S/C17H15Br2N3O3/c1-2-23-14-8-11(16-21-22-17(20)25-16)7-13(19)15(14)24-9-10-4-3-5-12(18)6-10/h3-8H,2,9H2,1H3,(H2,20,22). The summed E-state index contributed by atoms with van der Waals surface area (Å²) in [7, 11) is 0. The van der Waals surface area contributed by atoms with Gasteiger partial charge in [-0.15, -0.1) is 5.10 Å². The van der Waals surface area contributed by atoms with E-state index in [9.17, 15) is 0 Å². The van der Waals surface area contributed by atoms with Gasteiger partial charge in [0.15, 0.2) is 11.5 Å². The molecule has 0 spiro atoms. The first-order chi connectivity index (χ1) is 12.1. The highest BCUT2D eigenvalue weighted by atomic mass is 79.9. The average molecular weight is 469 g/mol. The van der Waals surface area contributed by atoms with E-state index in [1.807, 2.05) is 37.3 Å². The Labute approximate surface area is 161 Å². The van der Waals surface area contributed by atoms with E-state index in [4.69, 9.17) is 19.6 Å². The maximum Gasteiger partial charge on any atom is 0.313 e. The minimum atomic E-state index is 0.0130. The van der Waals surface area contributed by atoms with E-state index in [1.54, 1.807) is 6.07 Å². The molecule has 3 aromatic rings. The molecule has 2 N–H and O–H groups in total. The first kappa shape index (κ1) is 17.8. The van der Waals surface area contributed by atoms with Gasteiger partial charge in [-0.3, -0.25) is 0 Å². The second-order valence-electron chi connectivity index (χ2n) is 5.08. The summed E-state index contributed by atoms with van der Waals surface area (Å²) in [5, 5.41) is 7.57. The molecule has 130 valence electrons. The molecule has 1 aromatic heterocycles. The van der Waals surface area contributed by atoms with Gasteiger partial charge < -0.3 is 19.6 Å². The highest BCUT2D eigenvalue weighted by Crippen LogP contribution is 2.40. The number of nitrogens with two attached hydrogens (primary N) is 1. The molecule has 0 saturated carbocycles. The van der Waals surface area contributed by atoms with Crippen LogP contribution < -0.4 is 15.2 Å². The Balaban J connectivity index is 1.89. The molecule has 8 heteroatoms. The van der Waals surface area contributed by atoms with Gasteiger partial charge in [0.05, 0.1) is 11.1 Å². The molecule has 0 amide bonds. The minimum Gasteiger partial charge on any atom is -0.490 e. The largest absolute Gasteiger partial charge is 0.490 e. The summed E-state index contributed by atoms with van der Waals surface area (Å²) in [6.07, 6.45) is 0. The van der Waals surface area contributed by atoms with Crippen molar-refractivity contribution >= 4 is 37.9 Å². The maximum atomic E-state index is 5.97. The van der Waals surface area contributed by atoms with E-state index in [2.05, 4.69) is 42.1 Å². The predicted molar refractivity (Wildman–Crippen MR) is 101 cm³/mol. The number of ether oxygens (including phenoxy) is 2. The summed E-state index contributed by atoms with van der Waals surface area (Å²) in [4.78, 5) is 0. The number of anilines is 1. The van der Waals surface area contributed by atoms with E-state index in [0.29, 0.717) is 36.2 Å². The van der Waals surface area contributed by atoms with Gasteiger partial charge >= 0.3 is 6.01 Å². The first-order valence-corrected chi connectivity index (χ1v) is 9.08. The van der Waals surface area contributed by atoms with Crippen molar-refractivity contribution in [3.63, 3.8) is 0 Å². The topological polar surface area (TPSA) is 83.4 Å². The van der Waals surface area contributed by atoms with E-state index in [0.717, 1.165) is 14.5 Å². The predicted octanol–water partition coefficient (Wildman–Crippen LogP) is 4.82. The second kappa shape index (κ2) is 7.88. The second-order valence-corrected chi connectivity index (χ2v) is 6.85. The van der Waals surface area contributed by atoms with E-state index in [-0.39, 0.29) is 6.01 Å². The van der Waals surface area contributed by atoms with Crippen LogP contribution in [0.4, 0.5) is 6.01 Å². The Kier molecular flexibility index (Phi) is 5.60. The van der Waals surface area contributed by atoms with Crippen LogP contribution in [0.5, 0.6) is 11.5 Å². The van der Waals surface area contributed by atoms with E-state index in [1.165, 1.54) is 0 Å². The molecule has 25 heavy (non-hydrogen) atoms. The third kappa shape index (κ3) is 4.32. The Hall–Kier alpha value is -2.06. The SMILES string of the molecule is CCOc1cc(-c2nnc(N)o2)cc(Br)c1OCc1cccc(Br)c1. The van der Waals surface area contributed by atoms with Crippen molar-refractivity contribution in [3.8, 4) is 23.0 Å². The molecule has 2 aromatic carbocycles. The van der Waals surface area contributed by atoms with Crippen LogP contribution in [0, 0.1) is 0 Å². The van der Waals surface area contributed by atoms with Gasteiger partial charge in [0, 0.05) is 10.0 Å². The Morgan fingerprint density at radius 3 is 2.64 bits per heavy atom. The zero-order chi connectivity index (χ0) is 17.8. The number of nitrogen functional groups attached to an aromatic ring is 1. The maximum absolute atomic E-state index is 5.97. The molecule has 0 unspecified atom stereocenters. The van der Waals surface area contributed by atoms with Gasteiger partial charge in [-0.25, -0.2) is 0 Å². The molecule has 0 radical (unpaired) electrons. The smallest absolute Gasteiger partial charge is 0.313 e. The molecule has 0 aliphatic carbocycles. The third-order valence-electron chi connectivity index (χ3n) is 3.27. The van der Waals surface area contributed by atoms with Gasteiger partial charge in [0.25, 0.3) is 0 Å². The molecule has 6 nitrogen and oxygen atoms in total. The summed E-state index contributed by atoms with van der Waals surface area (Å²) >= 11 is 6.98. The lowest BCUT2D eigenvalue weighted by molar-refractivity contribution is 0.267. The number of halogens is 2. The Bertz CT molecular complexity index is 883. The number of rotatable bonds is 6. The molecule has 0 fully saturated rings. The van der Waals surface area contributed by atoms with Crippen LogP contribution in [0.2, 0.25) is 0 Å². The van der Waals surface area contributed by atoms with Gasteiger partial charge in [-0.1, -0.05) is 33.2 Å². The quantitative estimate of drug-likeness (QED) is 0.558. The van der Waals surface area contributed by atoms with Gasteiger partial charge in [-0.05, 0) is 52.7 Å². The number of aromatic nitrogens is 2. The summed E-state index contributed by atoms with van der Waals surface area (Å²) in [5.74, 6) is 1.51. The van der Waals surface area contributed by atoms with E-state index >= 15 is 0 Å². The van der Waals surface area contributed by atoms with Crippen molar-refractivity contribution in [1.82, 2.24) is 10.2 Å². The van der Waals surface area contributed by atoms with Crippen LogP contribution in [0.25, 0.3) is 11.5 Å². The molecule has 0 saturated heterocycles. The fourth-order valence-corrected chi connectivity index (χ4v) is 3.23. The molecule has 0 bridgehead atoms. The van der Waals surface area contributed by atoms with Crippen LogP contribution >= 0.6 is 31.9 Å². The molecule has 3 rings (SSSR count). The van der Waals surface area contributed by atoms with Crippen LogP contribution in [-0.4, -0.2) is 16.8 Å².